The van der Waals surface area contributed by atoms with Crippen LogP contribution in [0, 0.1) is 0 Å². The normalized spacial score (nSPS) is 6.75. The molecule has 0 unspecified atom stereocenters. The van der Waals surface area contributed by atoms with E-state index in [9.17, 15) is 8.92 Å². The Balaban J connectivity index is 0. The molecular formula is C2H4F2O3S. The van der Waals surface area contributed by atoms with Gasteiger partial charge in [0.15, 0.2) is 0 Å². The van der Waals surface area contributed by atoms with E-state index >= 15 is 0 Å². The van der Waals surface area contributed by atoms with Crippen LogP contribution in [-0.2, 0) is 16.5 Å². The summed E-state index contributed by atoms with van der Waals surface area (Å²) in [6.07, 6.45) is 0. The second-order valence-electron chi connectivity index (χ2n) is 0.570. The first-order valence-corrected chi connectivity index (χ1v) is 2.21. The van der Waals surface area contributed by atoms with Crippen molar-refractivity contribution in [1.82, 2.24) is 0 Å². The molecule has 0 fully saturated rings. The van der Waals surface area contributed by atoms with E-state index in [1.54, 1.807) is 0 Å². The van der Waals surface area contributed by atoms with Crippen molar-refractivity contribution in [2.24, 2.45) is 0 Å². The molecular weight excluding hydrogens is 142 g/mol. The predicted molar refractivity (Wildman–Crippen MR) is 22.0 cm³/mol. The number of halogens is 2. The lowest BCUT2D eigenvalue weighted by Gasteiger charge is -1.75. The zero-order chi connectivity index (χ0) is 6.83. The van der Waals surface area contributed by atoms with Gasteiger partial charge in [-0.05, 0) is 4.53 Å². The van der Waals surface area contributed by atoms with Gasteiger partial charge in [-0.1, -0.05) is 0 Å². The Morgan fingerprint density at radius 1 is 1.50 bits per heavy atom. The van der Waals surface area contributed by atoms with E-state index in [0.29, 0.717) is 0 Å². The van der Waals surface area contributed by atoms with Gasteiger partial charge >= 0.3 is 11.6 Å². The summed E-state index contributed by atoms with van der Waals surface area (Å²) in [5.41, 5.74) is 0. The van der Waals surface area contributed by atoms with E-state index < -0.39 is 24.9 Å². The molecule has 0 amide bonds. The van der Waals surface area contributed by atoms with Gasteiger partial charge in [0.1, 0.15) is 13.3 Å². The van der Waals surface area contributed by atoms with E-state index in [2.05, 4.69) is 4.94 Å². The van der Waals surface area contributed by atoms with Gasteiger partial charge in [-0.2, -0.15) is 13.4 Å². The van der Waals surface area contributed by atoms with Crippen molar-refractivity contribution in [3.63, 3.8) is 0 Å². The number of hydrogen-bond donors (Lipinski definition) is 0. The molecule has 0 saturated heterocycles. The highest BCUT2D eigenvalue weighted by Crippen LogP contribution is 1.70. The van der Waals surface area contributed by atoms with Crippen molar-refractivity contribution in [2.75, 3.05) is 13.3 Å². The third kappa shape index (κ3) is 45.1. The maximum absolute atomic E-state index is 10.6. The highest BCUT2D eigenvalue weighted by Gasteiger charge is 1.74. The Morgan fingerprint density at radius 3 is 1.88 bits per heavy atom. The van der Waals surface area contributed by atoms with Gasteiger partial charge in [-0.15, -0.1) is 0 Å². The molecule has 0 aliphatic heterocycles. The molecule has 0 aliphatic carbocycles. The van der Waals surface area contributed by atoms with Crippen LogP contribution in [-0.4, -0.2) is 21.7 Å². The average molecular weight is 146 g/mol. The summed E-state index contributed by atoms with van der Waals surface area (Å²) in [5, 5.41) is 0. The van der Waals surface area contributed by atoms with Gasteiger partial charge in [-0.3, -0.25) is 0 Å². The lowest BCUT2D eigenvalue weighted by atomic mass is 10.8. The Kier molecular flexibility index (Phi) is 21.1. The molecule has 0 heterocycles. The molecule has 0 rings (SSSR count). The number of alkyl halides is 1. The topological polar surface area (TPSA) is 43.4 Å². The van der Waals surface area contributed by atoms with Crippen LogP contribution in [0.3, 0.4) is 0 Å². The monoisotopic (exact) mass is 146 g/mol. The van der Waals surface area contributed by atoms with E-state index in [4.69, 9.17) is 8.42 Å². The van der Waals surface area contributed by atoms with Crippen LogP contribution in [0.1, 0.15) is 0 Å². The first-order valence-electron chi connectivity index (χ1n) is 1.54. The summed E-state index contributed by atoms with van der Waals surface area (Å²) in [7, 11) is 0. The summed E-state index contributed by atoms with van der Waals surface area (Å²) < 4.78 is 37.5. The largest absolute Gasteiger partial charge is 0.335 e. The van der Waals surface area contributed by atoms with E-state index in [0.717, 1.165) is 0 Å². The zero-order valence-corrected chi connectivity index (χ0v) is 4.62. The molecule has 8 heavy (non-hydrogen) atoms. The SMILES string of the molecule is FCCOF.O=S=O. The molecule has 0 radical (unpaired) electrons. The molecule has 0 bridgehead atoms. The van der Waals surface area contributed by atoms with Crippen molar-refractivity contribution < 1.29 is 22.3 Å². The van der Waals surface area contributed by atoms with E-state index in [1.807, 2.05) is 0 Å². The first kappa shape index (κ1) is 10.6. The van der Waals surface area contributed by atoms with Crippen LogP contribution in [0.25, 0.3) is 0 Å². The van der Waals surface area contributed by atoms with Crippen LogP contribution in [0.15, 0.2) is 0 Å². The summed E-state index contributed by atoms with van der Waals surface area (Å²) in [6.45, 7) is -1.20. The van der Waals surface area contributed by atoms with E-state index in [1.165, 1.54) is 0 Å². The minimum Gasteiger partial charge on any atom is -0.248 e. The van der Waals surface area contributed by atoms with Crippen molar-refractivity contribution in [3.8, 4) is 0 Å². The number of hydrogen-bond acceptors (Lipinski definition) is 3. The molecule has 0 aromatic carbocycles. The van der Waals surface area contributed by atoms with Gasteiger partial charge in [0.25, 0.3) is 0 Å². The standard InChI is InChI=1S/C2H4F2O.O2S/c3-1-2-5-4;1-3-2/h1-2H2;. The maximum atomic E-state index is 10.6. The van der Waals surface area contributed by atoms with E-state index in [-0.39, 0.29) is 0 Å². The minimum absolute atomic E-state index is 0.444. The smallest absolute Gasteiger partial charge is 0.248 e. The average Bonchev–Trinajstić information content (AvgIpc) is 1.71. The van der Waals surface area contributed by atoms with Gasteiger partial charge in [0.2, 0.25) is 0 Å². The van der Waals surface area contributed by atoms with Crippen LogP contribution in [0.4, 0.5) is 8.92 Å². The summed E-state index contributed by atoms with van der Waals surface area (Å²) in [4.78, 5) is 2.82. The van der Waals surface area contributed by atoms with Gasteiger partial charge < -0.3 is 0 Å². The van der Waals surface area contributed by atoms with Crippen LogP contribution < -0.4 is 0 Å². The Morgan fingerprint density at radius 2 is 1.88 bits per heavy atom. The van der Waals surface area contributed by atoms with Crippen LogP contribution in [0.5, 0.6) is 0 Å². The third-order valence-corrected chi connectivity index (χ3v) is 0.154. The lowest BCUT2D eigenvalue weighted by molar-refractivity contribution is -0.134. The highest BCUT2D eigenvalue weighted by atomic mass is 32.1. The lowest BCUT2D eigenvalue weighted by Crippen LogP contribution is -1.82. The van der Waals surface area contributed by atoms with Gasteiger partial charge in [-0.25, -0.2) is 4.39 Å². The fraction of sp³-hybridized carbons (Fsp3) is 1.00. The number of rotatable bonds is 2. The zero-order valence-electron chi connectivity index (χ0n) is 3.80. The van der Waals surface area contributed by atoms with Crippen molar-refractivity contribution in [3.05, 3.63) is 0 Å². The van der Waals surface area contributed by atoms with Gasteiger partial charge in [0, 0.05) is 0 Å². The van der Waals surface area contributed by atoms with Gasteiger partial charge in [0.05, 0.1) is 0 Å². The fourth-order valence-corrected chi connectivity index (χ4v) is 0.0292. The molecule has 0 saturated carbocycles. The molecule has 0 atom stereocenters. The summed E-state index contributed by atoms with van der Waals surface area (Å²) >= 11 is -0.750. The third-order valence-electron chi connectivity index (χ3n) is 0.154. The second kappa shape index (κ2) is 15.9. The highest BCUT2D eigenvalue weighted by molar-refractivity contribution is 7.51. The fourth-order valence-electron chi connectivity index (χ4n) is 0.0292. The minimum atomic E-state index is -0.753. The Labute approximate surface area is 48.1 Å². The Hall–Kier alpha value is -0.360. The molecule has 3 nitrogen and oxygen atoms in total. The van der Waals surface area contributed by atoms with Crippen molar-refractivity contribution in [1.29, 1.82) is 0 Å². The van der Waals surface area contributed by atoms with Crippen LogP contribution >= 0.6 is 0 Å². The maximum Gasteiger partial charge on any atom is 0.335 e. The summed E-state index contributed by atoms with van der Waals surface area (Å²) in [6, 6.07) is 0. The molecule has 0 aliphatic rings. The first-order chi connectivity index (χ1) is 3.83. The molecule has 0 N–H and O–H groups in total. The quantitative estimate of drug-likeness (QED) is 0.558. The van der Waals surface area contributed by atoms with Crippen LogP contribution in [0.2, 0.25) is 0 Å². The summed E-state index contributed by atoms with van der Waals surface area (Å²) in [5.74, 6) is 0. The Bertz CT molecular complexity index is 60.3. The molecule has 6 heteroatoms. The molecule has 0 spiro atoms. The predicted octanol–water partition coefficient (Wildman–Crippen LogP) is 0.187. The molecule has 0 aromatic rings. The molecule has 0 aromatic heterocycles. The second-order valence-corrected chi connectivity index (χ2v) is 0.706. The van der Waals surface area contributed by atoms with Crippen molar-refractivity contribution >= 4 is 11.6 Å². The molecule has 50 valence electrons. The van der Waals surface area contributed by atoms with Crippen molar-refractivity contribution in [2.45, 2.75) is 0 Å².